The summed E-state index contributed by atoms with van der Waals surface area (Å²) in [4.78, 5) is 35.6. The van der Waals surface area contributed by atoms with Crippen molar-refractivity contribution in [3.8, 4) is 11.1 Å². The maximum atomic E-state index is 14.1. The molecule has 5 rings (SSSR count). The smallest absolute Gasteiger partial charge is 0.350 e. The van der Waals surface area contributed by atoms with Gasteiger partial charge in [-0.1, -0.05) is 24.2 Å². The van der Waals surface area contributed by atoms with Crippen LogP contribution in [0.2, 0.25) is 5.02 Å². The van der Waals surface area contributed by atoms with Crippen LogP contribution in [0.4, 0.5) is 10.2 Å². The van der Waals surface area contributed by atoms with E-state index in [-0.39, 0.29) is 34.8 Å². The van der Waals surface area contributed by atoms with Crippen LogP contribution in [0.25, 0.3) is 22.0 Å². The number of benzene rings is 2. The molecule has 1 fully saturated rings. The van der Waals surface area contributed by atoms with Crippen molar-refractivity contribution in [2.24, 2.45) is 5.73 Å². The van der Waals surface area contributed by atoms with Gasteiger partial charge in [-0.3, -0.25) is 9.36 Å². The Hall–Kier alpha value is -2.92. The summed E-state index contributed by atoms with van der Waals surface area (Å²) in [6.45, 7) is 11.8. The summed E-state index contributed by atoms with van der Waals surface area (Å²) in [5, 5.41) is 0.883. The number of nitrogens with two attached hydrogens (primary N) is 1. The van der Waals surface area contributed by atoms with Crippen molar-refractivity contribution in [1.82, 2.24) is 14.5 Å². The average Bonchev–Trinajstić information content (AvgIpc) is 3.11. The van der Waals surface area contributed by atoms with E-state index in [0.29, 0.717) is 44.4 Å². The van der Waals surface area contributed by atoms with Gasteiger partial charge in [-0.15, -0.1) is 11.8 Å². The summed E-state index contributed by atoms with van der Waals surface area (Å²) in [5.41, 5.74) is 8.71. The van der Waals surface area contributed by atoms with Gasteiger partial charge in [0.25, 0.3) is 0 Å². The van der Waals surface area contributed by atoms with Gasteiger partial charge in [-0.05, 0) is 56.2 Å². The van der Waals surface area contributed by atoms with Crippen LogP contribution >= 0.6 is 23.4 Å². The molecule has 0 radical (unpaired) electrons. The number of carbonyl (C=O) groups excluding carboxylic acids is 1. The molecule has 11 heteroatoms. The number of halogens is 2. The number of hydrogen-bond acceptors (Lipinski definition) is 7. The maximum absolute atomic E-state index is 14.1. The Morgan fingerprint density at radius 1 is 1.27 bits per heavy atom. The molecule has 2 aliphatic heterocycles. The first-order chi connectivity index (χ1) is 19.1. The van der Waals surface area contributed by atoms with Gasteiger partial charge in [0.05, 0.1) is 29.8 Å². The molecular weight excluding hydrogens is 553 g/mol. The SMILES string of the molecule is C=CC(=O)N1[C@H](C)CN(c2nc(=O)n3c4c(c(-c5ccc(F)c(Cl)c5)c(C)cc24)SCC(OCCN)C3)C[C@@H]1C. The number of amides is 1. The Kier molecular flexibility index (Phi) is 8.24. The topological polar surface area (TPSA) is 93.7 Å². The number of piperazine rings is 1. The third-order valence-corrected chi connectivity index (χ3v) is 9.04. The minimum Gasteiger partial charge on any atom is -0.374 e. The maximum Gasteiger partial charge on any atom is 0.350 e. The van der Waals surface area contributed by atoms with Crippen molar-refractivity contribution in [3.05, 3.63) is 63.8 Å². The Bertz CT molecular complexity index is 1530. The molecule has 0 spiro atoms. The highest BCUT2D eigenvalue weighted by molar-refractivity contribution is 7.99. The summed E-state index contributed by atoms with van der Waals surface area (Å²) in [6, 6.07) is 6.54. The molecule has 1 amide bonds. The molecule has 8 nitrogen and oxygen atoms in total. The molecule has 1 unspecified atom stereocenters. The molecule has 212 valence electrons. The van der Waals surface area contributed by atoms with E-state index < -0.39 is 5.82 Å². The van der Waals surface area contributed by atoms with Gasteiger partial charge in [0, 0.05) is 53.3 Å². The molecule has 3 heterocycles. The fourth-order valence-corrected chi connectivity index (χ4v) is 7.40. The van der Waals surface area contributed by atoms with Crippen LogP contribution in [0.5, 0.6) is 0 Å². The van der Waals surface area contributed by atoms with E-state index >= 15 is 0 Å². The standard InChI is InChI=1S/C29H33ClFN5O3S/c1-5-24(37)36-17(3)12-34(13-18(36)4)28-21-10-16(2)25(19-6-7-23(31)22(30)11-19)27-26(21)35(29(38)33-28)14-20(15-40-27)39-9-8-32/h5-7,10-11,17-18,20H,1,8-9,12-15,32H2,2-4H3/t17-,18+,20?. The highest BCUT2D eigenvalue weighted by Gasteiger charge is 2.34. The highest BCUT2D eigenvalue weighted by Crippen LogP contribution is 2.44. The van der Waals surface area contributed by atoms with Crippen molar-refractivity contribution >= 4 is 46.0 Å². The van der Waals surface area contributed by atoms with Gasteiger partial charge >= 0.3 is 5.69 Å². The van der Waals surface area contributed by atoms with Crippen molar-refractivity contribution in [3.63, 3.8) is 0 Å². The van der Waals surface area contributed by atoms with Crippen LogP contribution in [0, 0.1) is 12.7 Å². The van der Waals surface area contributed by atoms with E-state index in [1.807, 2.05) is 31.7 Å². The number of ether oxygens (including phenoxy) is 1. The van der Waals surface area contributed by atoms with Crippen molar-refractivity contribution in [2.75, 3.05) is 36.9 Å². The van der Waals surface area contributed by atoms with Crippen LogP contribution in [0.1, 0.15) is 19.4 Å². The summed E-state index contributed by atoms with van der Waals surface area (Å²) >= 11 is 7.80. The van der Waals surface area contributed by atoms with Crippen LogP contribution in [-0.4, -0.2) is 70.5 Å². The minimum atomic E-state index is -0.488. The zero-order valence-electron chi connectivity index (χ0n) is 22.8. The highest BCUT2D eigenvalue weighted by atomic mass is 35.5. The van der Waals surface area contributed by atoms with Gasteiger partial charge in [0.1, 0.15) is 11.6 Å². The molecule has 0 saturated carbocycles. The normalized spacial score (nSPS) is 21.0. The van der Waals surface area contributed by atoms with Crippen LogP contribution < -0.4 is 16.3 Å². The lowest BCUT2D eigenvalue weighted by Gasteiger charge is -2.44. The molecular formula is C29H33ClFN5O3S. The summed E-state index contributed by atoms with van der Waals surface area (Å²) < 4.78 is 21.8. The third kappa shape index (κ3) is 5.13. The minimum absolute atomic E-state index is 0.0368. The fraction of sp³-hybridized carbons (Fsp3) is 0.414. The number of aryl methyl sites for hydroxylation is 1. The molecule has 2 aromatic carbocycles. The van der Waals surface area contributed by atoms with Gasteiger partial charge in [-0.25, -0.2) is 9.18 Å². The second kappa shape index (κ2) is 11.5. The lowest BCUT2D eigenvalue weighted by atomic mass is 9.97. The Morgan fingerprint density at radius 2 is 2.00 bits per heavy atom. The number of hydrogen-bond donors (Lipinski definition) is 1. The van der Waals surface area contributed by atoms with E-state index in [1.165, 1.54) is 12.1 Å². The lowest BCUT2D eigenvalue weighted by Crippen LogP contribution is -2.58. The molecule has 3 aromatic rings. The fourth-order valence-electron chi connectivity index (χ4n) is 5.89. The molecule has 40 heavy (non-hydrogen) atoms. The molecule has 2 aliphatic rings. The predicted octanol–water partition coefficient (Wildman–Crippen LogP) is 4.23. The number of rotatable bonds is 6. The Balaban J connectivity index is 1.71. The zero-order valence-corrected chi connectivity index (χ0v) is 24.4. The Morgan fingerprint density at radius 3 is 2.65 bits per heavy atom. The molecule has 1 aromatic heterocycles. The molecule has 1 saturated heterocycles. The lowest BCUT2D eigenvalue weighted by molar-refractivity contribution is -0.130. The van der Waals surface area contributed by atoms with Gasteiger partial charge in [-0.2, -0.15) is 4.98 Å². The van der Waals surface area contributed by atoms with E-state index in [9.17, 15) is 14.0 Å². The van der Waals surface area contributed by atoms with E-state index in [1.54, 1.807) is 28.5 Å². The largest absolute Gasteiger partial charge is 0.374 e. The first kappa shape index (κ1) is 28.6. The summed E-state index contributed by atoms with van der Waals surface area (Å²) in [5.74, 6) is 0.598. The number of carbonyl (C=O) groups is 1. The van der Waals surface area contributed by atoms with Crippen LogP contribution in [0.15, 0.2) is 46.6 Å². The van der Waals surface area contributed by atoms with Gasteiger partial charge in [0.15, 0.2) is 0 Å². The zero-order chi connectivity index (χ0) is 28.7. The van der Waals surface area contributed by atoms with Gasteiger partial charge < -0.3 is 20.3 Å². The summed E-state index contributed by atoms with van der Waals surface area (Å²) in [7, 11) is 0. The molecule has 0 aliphatic carbocycles. The quantitative estimate of drug-likeness (QED) is 0.433. The van der Waals surface area contributed by atoms with Crippen LogP contribution in [0.3, 0.4) is 0 Å². The second-order valence-corrected chi connectivity index (χ2v) is 11.8. The number of nitrogens with zero attached hydrogens (tertiary/aromatic N) is 4. The van der Waals surface area contributed by atoms with E-state index in [4.69, 9.17) is 22.1 Å². The molecule has 3 atom stereocenters. The average molecular weight is 586 g/mol. The van der Waals surface area contributed by atoms with E-state index in [0.717, 1.165) is 32.5 Å². The predicted molar refractivity (Wildman–Crippen MR) is 159 cm³/mol. The Labute approximate surface area is 241 Å². The molecule has 2 N–H and O–H groups in total. The molecule has 0 bridgehead atoms. The van der Waals surface area contributed by atoms with Crippen molar-refractivity contribution in [2.45, 2.75) is 50.4 Å². The summed E-state index contributed by atoms with van der Waals surface area (Å²) in [6.07, 6.45) is 1.10. The van der Waals surface area contributed by atoms with Gasteiger partial charge in [0.2, 0.25) is 5.91 Å². The van der Waals surface area contributed by atoms with Crippen molar-refractivity contribution in [1.29, 1.82) is 0 Å². The number of aromatic nitrogens is 2. The first-order valence-electron chi connectivity index (χ1n) is 13.3. The van der Waals surface area contributed by atoms with Crippen LogP contribution in [-0.2, 0) is 16.1 Å². The number of anilines is 1. The second-order valence-electron chi connectivity index (χ2n) is 10.4. The van der Waals surface area contributed by atoms with E-state index in [2.05, 4.69) is 16.5 Å². The number of thioether (sulfide) groups is 1. The monoisotopic (exact) mass is 585 g/mol. The third-order valence-electron chi connectivity index (χ3n) is 7.52. The van der Waals surface area contributed by atoms with Crippen molar-refractivity contribution < 1.29 is 13.9 Å². The first-order valence-corrected chi connectivity index (χ1v) is 14.7.